The summed E-state index contributed by atoms with van der Waals surface area (Å²) in [6.07, 6.45) is 0. The van der Waals surface area contributed by atoms with Gasteiger partial charge in [-0.2, -0.15) is 5.10 Å². The molecular formula is C15H21N3. The van der Waals surface area contributed by atoms with Crippen LogP contribution in [0.3, 0.4) is 0 Å². The summed E-state index contributed by atoms with van der Waals surface area (Å²) in [5, 5.41) is 8.02. The van der Waals surface area contributed by atoms with Crippen LogP contribution in [0.2, 0.25) is 0 Å². The van der Waals surface area contributed by atoms with Gasteiger partial charge in [0, 0.05) is 17.8 Å². The average molecular weight is 243 g/mol. The van der Waals surface area contributed by atoms with Crippen molar-refractivity contribution < 1.29 is 0 Å². The van der Waals surface area contributed by atoms with Gasteiger partial charge in [-0.25, -0.2) is 4.68 Å². The lowest BCUT2D eigenvalue weighted by molar-refractivity contribution is 0.719. The number of rotatable bonds is 4. The molecule has 1 heterocycles. The number of hydrogen-bond donors (Lipinski definition) is 1. The largest absolute Gasteiger partial charge is 0.313 e. The van der Waals surface area contributed by atoms with Gasteiger partial charge in [-0.05, 0) is 45.0 Å². The van der Waals surface area contributed by atoms with Crippen LogP contribution in [0.15, 0.2) is 24.3 Å². The van der Waals surface area contributed by atoms with E-state index < -0.39 is 0 Å². The molecule has 0 radical (unpaired) electrons. The first-order valence-corrected chi connectivity index (χ1v) is 6.46. The topological polar surface area (TPSA) is 29.9 Å². The number of benzene rings is 1. The Kier molecular flexibility index (Phi) is 3.82. The van der Waals surface area contributed by atoms with E-state index in [9.17, 15) is 0 Å². The average Bonchev–Trinajstić information content (AvgIpc) is 2.63. The Labute approximate surface area is 109 Å². The van der Waals surface area contributed by atoms with Gasteiger partial charge in [-0.3, -0.25) is 0 Å². The lowest BCUT2D eigenvalue weighted by atomic mass is 10.2. The molecular weight excluding hydrogens is 222 g/mol. The van der Waals surface area contributed by atoms with Gasteiger partial charge in [0.1, 0.15) is 0 Å². The normalized spacial score (nSPS) is 10.9. The van der Waals surface area contributed by atoms with E-state index in [1.165, 1.54) is 16.8 Å². The molecule has 2 rings (SSSR count). The third-order valence-corrected chi connectivity index (χ3v) is 3.24. The molecule has 0 unspecified atom stereocenters. The quantitative estimate of drug-likeness (QED) is 0.895. The zero-order valence-corrected chi connectivity index (χ0v) is 11.6. The molecule has 1 aromatic carbocycles. The van der Waals surface area contributed by atoms with Crippen LogP contribution < -0.4 is 5.32 Å². The molecule has 0 bridgehead atoms. The Hall–Kier alpha value is -1.61. The summed E-state index contributed by atoms with van der Waals surface area (Å²) in [4.78, 5) is 0. The lowest BCUT2D eigenvalue weighted by Gasteiger charge is -2.06. The van der Waals surface area contributed by atoms with Gasteiger partial charge in [0.15, 0.2) is 0 Å². The standard InChI is InChI=1S/C15H21N3/c1-5-16-10-15-12(3)17-18(13(15)4)14-8-6-7-11(2)9-14/h6-9,16H,5,10H2,1-4H3. The maximum absolute atomic E-state index is 4.65. The molecule has 1 N–H and O–H groups in total. The summed E-state index contributed by atoms with van der Waals surface area (Å²) in [5.74, 6) is 0. The molecule has 0 saturated heterocycles. The minimum atomic E-state index is 0.889. The number of aryl methyl sites for hydroxylation is 2. The number of aromatic nitrogens is 2. The highest BCUT2D eigenvalue weighted by atomic mass is 15.3. The molecule has 0 aliphatic rings. The fourth-order valence-corrected chi connectivity index (χ4v) is 2.19. The summed E-state index contributed by atoms with van der Waals surface area (Å²) in [7, 11) is 0. The molecule has 0 saturated carbocycles. The summed E-state index contributed by atoms with van der Waals surface area (Å²) in [5.41, 5.74) is 6.03. The van der Waals surface area contributed by atoms with Crippen molar-refractivity contribution in [2.24, 2.45) is 0 Å². The monoisotopic (exact) mass is 243 g/mol. The van der Waals surface area contributed by atoms with Crippen molar-refractivity contribution in [3.63, 3.8) is 0 Å². The van der Waals surface area contributed by atoms with E-state index in [2.05, 4.69) is 62.4 Å². The summed E-state index contributed by atoms with van der Waals surface area (Å²) in [6.45, 7) is 10.3. The molecule has 0 spiro atoms. The van der Waals surface area contributed by atoms with Crippen LogP contribution >= 0.6 is 0 Å². The first-order chi connectivity index (χ1) is 8.63. The number of hydrogen-bond acceptors (Lipinski definition) is 2. The van der Waals surface area contributed by atoms with E-state index in [4.69, 9.17) is 0 Å². The second kappa shape index (κ2) is 5.36. The molecule has 2 aromatic rings. The van der Waals surface area contributed by atoms with Crippen LogP contribution in [-0.2, 0) is 6.54 Å². The van der Waals surface area contributed by atoms with E-state index in [1.807, 2.05) is 4.68 Å². The van der Waals surface area contributed by atoms with Gasteiger partial charge in [-0.1, -0.05) is 19.1 Å². The van der Waals surface area contributed by atoms with Gasteiger partial charge < -0.3 is 5.32 Å². The predicted molar refractivity (Wildman–Crippen MR) is 75.2 cm³/mol. The molecule has 3 nitrogen and oxygen atoms in total. The van der Waals surface area contributed by atoms with Crippen LogP contribution in [0.1, 0.15) is 29.4 Å². The fraction of sp³-hybridized carbons (Fsp3) is 0.400. The van der Waals surface area contributed by atoms with E-state index in [-0.39, 0.29) is 0 Å². The van der Waals surface area contributed by atoms with Gasteiger partial charge >= 0.3 is 0 Å². The highest BCUT2D eigenvalue weighted by molar-refractivity contribution is 5.39. The van der Waals surface area contributed by atoms with Crippen LogP contribution in [0.5, 0.6) is 0 Å². The Morgan fingerprint density at radius 1 is 1.22 bits per heavy atom. The van der Waals surface area contributed by atoms with Crippen LogP contribution in [0.4, 0.5) is 0 Å². The lowest BCUT2D eigenvalue weighted by Crippen LogP contribution is -2.13. The maximum atomic E-state index is 4.65. The molecule has 1 aromatic heterocycles. The predicted octanol–water partition coefficient (Wildman–Crippen LogP) is 2.91. The van der Waals surface area contributed by atoms with Crippen molar-refractivity contribution in [1.29, 1.82) is 0 Å². The highest BCUT2D eigenvalue weighted by Crippen LogP contribution is 2.18. The third-order valence-electron chi connectivity index (χ3n) is 3.24. The SMILES string of the molecule is CCNCc1c(C)nn(-c2cccc(C)c2)c1C. The van der Waals surface area contributed by atoms with Crippen molar-refractivity contribution in [2.45, 2.75) is 34.2 Å². The second-order valence-electron chi connectivity index (χ2n) is 4.68. The third kappa shape index (κ3) is 2.46. The van der Waals surface area contributed by atoms with Crippen molar-refractivity contribution in [3.8, 4) is 5.69 Å². The zero-order chi connectivity index (χ0) is 13.1. The molecule has 0 aliphatic carbocycles. The molecule has 18 heavy (non-hydrogen) atoms. The van der Waals surface area contributed by atoms with E-state index in [1.54, 1.807) is 0 Å². The van der Waals surface area contributed by atoms with Crippen molar-refractivity contribution in [2.75, 3.05) is 6.54 Å². The van der Waals surface area contributed by atoms with Crippen LogP contribution in [0.25, 0.3) is 5.69 Å². The summed E-state index contributed by atoms with van der Waals surface area (Å²) >= 11 is 0. The highest BCUT2D eigenvalue weighted by Gasteiger charge is 2.11. The summed E-state index contributed by atoms with van der Waals surface area (Å²) in [6, 6.07) is 8.44. The van der Waals surface area contributed by atoms with Crippen molar-refractivity contribution in [1.82, 2.24) is 15.1 Å². The second-order valence-corrected chi connectivity index (χ2v) is 4.68. The Morgan fingerprint density at radius 2 is 2.00 bits per heavy atom. The van der Waals surface area contributed by atoms with Crippen LogP contribution in [0, 0.1) is 20.8 Å². The summed E-state index contributed by atoms with van der Waals surface area (Å²) < 4.78 is 2.04. The van der Waals surface area contributed by atoms with Gasteiger partial charge in [0.25, 0.3) is 0 Å². The van der Waals surface area contributed by atoms with Gasteiger partial charge in [0.2, 0.25) is 0 Å². The Morgan fingerprint density at radius 3 is 2.67 bits per heavy atom. The minimum absolute atomic E-state index is 0.889. The molecule has 96 valence electrons. The van der Waals surface area contributed by atoms with E-state index in [0.717, 1.165) is 24.5 Å². The molecule has 0 fully saturated rings. The smallest absolute Gasteiger partial charge is 0.0651 e. The maximum Gasteiger partial charge on any atom is 0.0651 e. The number of nitrogens with zero attached hydrogens (tertiary/aromatic N) is 2. The van der Waals surface area contributed by atoms with E-state index in [0.29, 0.717) is 0 Å². The first kappa shape index (κ1) is 12.8. The zero-order valence-electron chi connectivity index (χ0n) is 11.6. The van der Waals surface area contributed by atoms with Gasteiger partial charge in [-0.15, -0.1) is 0 Å². The fourth-order valence-electron chi connectivity index (χ4n) is 2.19. The minimum Gasteiger partial charge on any atom is -0.313 e. The molecule has 0 atom stereocenters. The molecule has 0 aliphatic heterocycles. The molecule has 3 heteroatoms. The van der Waals surface area contributed by atoms with Gasteiger partial charge in [0.05, 0.1) is 11.4 Å². The van der Waals surface area contributed by atoms with Crippen molar-refractivity contribution >= 4 is 0 Å². The first-order valence-electron chi connectivity index (χ1n) is 6.46. The number of nitrogens with one attached hydrogen (secondary N) is 1. The van der Waals surface area contributed by atoms with Crippen LogP contribution in [-0.4, -0.2) is 16.3 Å². The Bertz CT molecular complexity index is 541. The Balaban J connectivity index is 2.40. The van der Waals surface area contributed by atoms with E-state index >= 15 is 0 Å². The molecule has 0 amide bonds. The van der Waals surface area contributed by atoms with Crippen molar-refractivity contribution in [3.05, 3.63) is 46.8 Å².